The number of rotatable bonds is 2. The van der Waals surface area contributed by atoms with Gasteiger partial charge < -0.3 is 9.72 Å². The van der Waals surface area contributed by atoms with E-state index >= 15 is 0 Å². The Kier molecular flexibility index (Phi) is 3.53. The molecule has 0 radical (unpaired) electrons. The molecule has 0 aliphatic carbocycles. The molecule has 0 spiro atoms. The maximum Gasteiger partial charge on any atom is 0.416 e. The van der Waals surface area contributed by atoms with E-state index in [2.05, 4.69) is 4.98 Å². The highest BCUT2D eigenvalue weighted by Gasteiger charge is 2.30. The largest absolute Gasteiger partial charge is 0.496 e. The molecule has 0 amide bonds. The van der Waals surface area contributed by atoms with Crippen LogP contribution in [0.2, 0.25) is 5.02 Å². The third-order valence-corrected chi connectivity index (χ3v) is 3.70. The molecule has 3 rings (SSSR count). The molecular weight excluding hydrogens is 315 g/mol. The first kappa shape index (κ1) is 14.8. The van der Waals surface area contributed by atoms with E-state index in [1.165, 1.54) is 13.2 Å². The fourth-order valence-electron chi connectivity index (χ4n) is 2.42. The molecule has 0 fully saturated rings. The van der Waals surface area contributed by atoms with Crippen molar-refractivity contribution in [1.82, 2.24) is 4.98 Å². The maximum atomic E-state index is 12.8. The first-order valence-corrected chi connectivity index (χ1v) is 6.80. The number of H-pyrrole nitrogens is 1. The molecule has 0 aliphatic heterocycles. The van der Waals surface area contributed by atoms with E-state index in [1.54, 1.807) is 24.4 Å². The first-order chi connectivity index (χ1) is 10.4. The Bertz CT molecular complexity index is 839. The predicted octanol–water partition coefficient (Wildman–Crippen LogP) is 5.52. The zero-order chi connectivity index (χ0) is 15.9. The van der Waals surface area contributed by atoms with Crippen molar-refractivity contribution in [3.63, 3.8) is 0 Å². The summed E-state index contributed by atoms with van der Waals surface area (Å²) in [5, 5.41) is 1.20. The fourth-order valence-corrected chi connectivity index (χ4v) is 2.59. The lowest BCUT2D eigenvalue weighted by Gasteiger charge is -2.09. The van der Waals surface area contributed by atoms with Gasteiger partial charge in [0.1, 0.15) is 5.75 Å². The van der Waals surface area contributed by atoms with Gasteiger partial charge in [0.25, 0.3) is 0 Å². The topological polar surface area (TPSA) is 25.0 Å². The minimum absolute atomic E-state index is 0.409. The zero-order valence-corrected chi connectivity index (χ0v) is 12.2. The number of hydrogen-bond donors (Lipinski definition) is 1. The van der Waals surface area contributed by atoms with Crippen LogP contribution in [0.15, 0.2) is 42.6 Å². The summed E-state index contributed by atoms with van der Waals surface area (Å²) in [6, 6.07) is 8.75. The molecular formula is C16H11ClF3NO. The number of hydrogen-bond acceptors (Lipinski definition) is 1. The van der Waals surface area contributed by atoms with Crippen LogP contribution in [0, 0.1) is 0 Å². The summed E-state index contributed by atoms with van der Waals surface area (Å²) in [7, 11) is 1.53. The van der Waals surface area contributed by atoms with Crippen molar-refractivity contribution in [1.29, 1.82) is 0 Å². The zero-order valence-electron chi connectivity index (χ0n) is 11.5. The Morgan fingerprint density at radius 3 is 2.50 bits per heavy atom. The van der Waals surface area contributed by atoms with Crippen LogP contribution in [-0.4, -0.2) is 12.1 Å². The van der Waals surface area contributed by atoms with E-state index < -0.39 is 11.7 Å². The van der Waals surface area contributed by atoms with E-state index in [-0.39, 0.29) is 0 Å². The lowest BCUT2D eigenvalue weighted by Crippen LogP contribution is -2.04. The molecule has 0 saturated carbocycles. The number of fused-ring (bicyclic) bond motifs is 1. The standard InChI is InChI=1S/C16H11ClF3NO/c1-22-15-5-3-10(17)7-12(15)13-8-21-14-6-9(16(18,19)20)2-4-11(13)14/h2-8,21H,1H3. The van der Waals surface area contributed by atoms with Gasteiger partial charge in [-0.2, -0.15) is 13.2 Å². The second-order valence-corrected chi connectivity index (χ2v) is 5.24. The highest BCUT2D eigenvalue weighted by molar-refractivity contribution is 6.31. The van der Waals surface area contributed by atoms with E-state index in [0.717, 1.165) is 23.3 Å². The summed E-state index contributed by atoms with van der Waals surface area (Å²) in [4.78, 5) is 2.87. The molecule has 1 aromatic heterocycles. The minimum Gasteiger partial charge on any atom is -0.496 e. The third kappa shape index (κ3) is 2.52. The van der Waals surface area contributed by atoms with Gasteiger partial charge in [-0.15, -0.1) is 0 Å². The van der Waals surface area contributed by atoms with Crippen LogP contribution in [0.3, 0.4) is 0 Å². The summed E-state index contributed by atoms with van der Waals surface area (Å²) in [6.45, 7) is 0. The quantitative estimate of drug-likeness (QED) is 0.659. The molecule has 0 saturated heterocycles. The molecule has 22 heavy (non-hydrogen) atoms. The van der Waals surface area contributed by atoms with Crippen molar-refractivity contribution in [3.05, 3.63) is 53.2 Å². The number of aromatic amines is 1. The molecule has 0 atom stereocenters. The van der Waals surface area contributed by atoms with E-state index in [0.29, 0.717) is 21.7 Å². The van der Waals surface area contributed by atoms with Crippen LogP contribution in [0.1, 0.15) is 5.56 Å². The summed E-state index contributed by atoms with van der Waals surface area (Å²) in [5.74, 6) is 0.602. The molecule has 3 aromatic rings. The normalized spacial score (nSPS) is 11.9. The molecule has 2 aromatic carbocycles. The molecule has 0 bridgehead atoms. The summed E-state index contributed by atoms with van der Waals surface area (Å²) in [6.07, 6.45) is -2.72. The van der Waals surface area contributed by atoms with Crippen LogP contribution in [0.25, 0.3) is 22.0 Å². The van der Waals surface area contributed by atoms with Crippen LogP contribution in [0.4, 0.5) is 13.2 Å². The molecule has 1 heterocycles. The Morgan fingerprint density at radius 1 is 1.05 bits per heavy atom. The Morgan fingerprint density at radius 2 is 1.82 bits per heavy atom. The Hall–Kier alpha value is -2.14. The van der Waals surface area contributed by atoms with Crippen LogP contribution < -0.4 is 4.74 Å². The van der Waals surface area contributed by atoms with Gasteiger partial charge >= 0.3 is 6.18 Å². The number of aromatic nitrogens is 1. The van der Waals surface area contributed by atoms with Crippen molar-refractivity contribution in [2.24, 2.45) is 0 Å². The van der Waals surface area contributed by atoms with Gasteiger partial charge in [0, 0.05) is 33.2 Å². The number of ether oxygens (including phenoxy) is 1. The molecule has 114 valence electrons. The van der Waals surface area contributed by atoms with Crippen molar-refractivity contribution in [2.45, 2.75) is 6.18 Å². The lowest BCUT2D eigenvalue weighted by atomic mass is 10.0. The summed E-state index contributed by atoms with van der Waals surface area (Å²) < 4.78 is 43.6. The van der Waals surface area contributed by atoms with Gasteiger partial charge in [-0.1, -0.05) is 17.7 Å². The van der Waals surface area contributed by atoms with Gasteiger partial charge in [0.15, 0.2) is 0 Å². The first-order valence-electron chi connectivity index (χ1n) is 6.42. The number of benzene rings is 2. The molecule has 0 unspecified atom stereocenters. The fraction of sp³-hybridized carbons (Fsp3) is 0.125. The second kappa shape index (κ2) is 5.25. The van der Waals surface area contributed by atoms with E-state index in [9.17, 15) is 13.2 Å². The van der Waals surface area contributed by atoms with Gasteiger partial charge in [0.2, 0.25) is 0 Å². The monoisotopic (exact) mass is 325 g/mol. The van der Waals surface area contributed by atoms with Crippen molar-refractivity contribution >= 4 is 22.5 Å². The van der Waals surface area contributed by atoms with Crippen molar-refractivity contribution in [3.8, 4) is 16.9 Å². The predicted molar refractivity (Wildman–Crippen MR) is 80.3 cm³/mol. The average molecular weight is 326 g/mol. The molecule has 2 nitrogen and oxygen atoms in total. The van der Waals surface area contributed by atoms with Gasteiger partial charge in [-0.05, 0) is 30.3 Å². The number of nitrogens with one attached hydrogen (secondary N) is 1. The molecule has 6 heteroatoms. The molecule has 1 N–H and O–H groups in total. The van der Waals surface area contributed by atoms with Crippen LogP contribution in [-0.2, 0) is 6.18 Å². The van der Waals surface area contributed by atoms with Gasteiger partial charge in [-0.3, -0.25) is 0 Å². The SMILES string of the molecule is COc1ccc(Cl)cc1-c1c[nH]c2cc(C(F)(F)F)ccc12. The van der Waals surface area contributed by atoms with Gasteiger partial charge in [-0.25, -0.2) is 0 Å². The lowest BCUT2D eigenvalue weighted by molar-refractivity contribution is -0.137. The smallest absolute Gasteiger partial charge is 0.416 e. The van der Waals surface area contributed by atoms with Crippen LogP contribution in [0.5, 0.6) is 5.75 Å². The minimum atomic E-state index is -4.37. The van der Waals surface area contributed by atoms with Gasteiger partial charge in [0.05, 0.1) is 12.7 Å². The maximum absolute atomic E-state index is 12.8. The van der Waals surface area contributed by atoms with Crippen molar-refractivity contribution in [2.75, 3.05) is 7.11 Å². The van der Waals surface area contributed by atoms with Crippen LogP contribution >= 0.6 is 11.6 Å². The van der Waals surface area contributed by atoms with E-state index in [1.807, 2.05) is 0 Å². The average Bonchev–Trinajstić information content (AvgIpc) is 2.89. The summed E-state index contributed by atoms with van der Waals surface area (Å²) in [5.41, 5.74) is 1.18. The highest BCUT2D eigenvalue weighted by Crippen LogP contribution is 2.38. The third-order valence-electron chi connectivity index (χ3n) is 3.46. The number of alkyl halides is 3. The Labute approximate surface area is 129 Å². The van der Waals surface area contributed by atoms with E-state index in [4.69, 9.17) is 16.3 Å². The number of halogens is 4. The highest BCUT2D eigenvalue weighted by atomic mass is 35.5. The number of methoxy groups -OCH3 is 1. The molecule has 0 aliphatic rings. The second-order valence-electron chi connectivity index (χ2n) is 4.81. The summed E-state index contributed by atoms with van der Waals surface area (Å²) >= 11 is 6.01. The van der Waals surface area contributed by atoms with Crippen molar-refractivity contribution < 1.29 is 17.9 Å². The Balaban J connectivity index is 2.19.